The van der Waals surface area contributed by atoms with Crippen LogP contribution in [0, 0.1) is 11.8 Å². The summed E-state index contributed by atoms with van der Waals surface area (Å²) in [7, 11) is 0. The molecular weight excluding hydrogens is 304 g/mol. The largest absolute Gasteiger partial charge is 0.478 e. The maximum absolute atomic E-state index is 11.2. The van der Waals surface area contributed by atoms with Crippen LogP contribution in [0.1, 0.15) is 49.0 Å². The Morgan fingerprint density at radius 1 is 1.29 bits per heavy atom. The summed E-state index contributed by atoms with van der Waals surface area (Å²) >= 11 is 0. The highest BCUT2D eigenvalue weighted by Gasteiger charge is 2.21. The van der Waals surface area contributed by atoms with Gasteiger partial charge in [0.25, 0.3) is 0 Å². The van der Waals surface area contributed by atoms with E-state index in [0.29, 0.717) is 0 Å². The van der Waals surface area contributed by atoms with Gasteiger partial charge in [-0.25, -0.2) is 4.79 Å². The molecule has 0 fully saturated rings. The fraction of sp³-hybridized carbons (Fsp3) is 0.300. The summed E-state index contributed by atoms with van der Waals surface area (Å²) in [6.45, 7) is 3.47. The highest BCUT2D eigenvalue weighted by molar-refractivity contribution is 5.87. The number of carboxylic acids is 1. The summed E-state index contributed by atoms with van der Waals surface area (Å²) in [5, 5.41) is 8.86. The predicted octanol–water partition coefficient (Wildman–Crippen LogP) is 3.72. The van der Waals surface area contributed by atoms with Gasteiger partial charge >= 0.3 is 11.9 Å². The van der Waals surface area contributed by atoms with Crippen molar-refractivity contribution in [3.05, 3.63) is 58.7 Å². The van der Waals surface area contributed by atoms with E-state index in [1.54, 1.807) is 18.2 Å². The average molecular weight is 324 g/mol. The molecule has 1 unspecified atom stereocenters. The molecule has 0 radical (unpaired) electrons. The van der Waals surface area contributed by atoms with Gasteiger partial charge in [0.15, 0.2) is 0 Å². The molecule has 0 saturated heterocycles. The van der Waals surface area contributed by atoms with Crippen LogP contribution in [0.15, 0.2) is 47.6 Å². The molecule has 0 aliphatic heterocycles. The maximum atomic E-state index is 11.2. The number of carbonyl (C=O) groups excluding carboxylic acids is 1. The summed E-state index contributed by atoms with van der Waals surface area (Å²) in [5.74, 6) is 4.67. The highest BCUT2D eigenvalue weighted by Crippen LogP contribution is 2.28. The topological polar surface area (TPSA) is 63.6 Å². The van der Waals surface area contributed by atoms with E-state index in [9.17, 15) is 9.59 Å². The minimum atomic E-state index is -0.953. The van der Waals surface area contributed by atoms with Crippen LogP contribution < -0.4 is 0 Å². The minimum absolute atomic E-state index is 0.191. The molecule has 1 aromatic carbocycles. The molecule has 0 aromatic heterocycles. The second-order valence-electron chi connectivity index (χ2n) is 5.71. The van der Waals surface area contributed by atoms with Crippen molar-refractivity contribution in [2.24, 2.45) is 0 Å². The van der Waals surface area contributed by atoms with Crippen LogP contribution in [-0.4, -0.2) is 23.1 Å². The lowest BCUT2D eigenvalue weighted by Crippen LogP contribution is -2.22. The van der Waals surface area contributed by atoms with E-state index in [1.165, 1.54) is 24.6 Å². The number of ether oxygens (including phenoxy) is 1. The zero-order chi connectivity index (χ0) is 17.5. The number of aromatic carboxylic acids is 1. The second-order valence-corrected chi connectivity index (χ2v) is 5.71. The molecule has 4 nitrogen and oxygen atoms in total. The lowest BCUT2D eigenvalue weighted by molar-refractivity contribution is -0.144. The Hall–Kier alpha value is -2.80. The van der Waals surface area contributed by atoms with Gasteiger partial charge in [0.05, 0.1) is 5.56 Å². The molecule has 0 bridgehead atoms. The maximum Gasteiger partial charge on any atom is 0.335 e. The number of allylic oxidation sites excluding steroid dienone is 2. The van der Waals surface area contributed by atoms with Crippen LogP contribution in [0.25, 0.3) is 0 Å². The number of hydrogen-bond donors (Lipinski definition) is 1. The first-order valence-corrected chi connectivity index (χ1v) is 7.85. The Morgan fingerprint density at radius 3 is 2.62 bits per heavy atom. The monoisotopic (exact) mass is 324 g/mol. The summed E-state index contributed by atoms with van der Waals surface area (Å²) in [5.41, 5.74) is 3.22. The molecule has 1 N–H and O–H groups in total. The van der Waals surface area contributed by atoms with Crippen LogP contribution in [0.4, 0.5) is 0 Å². The second kappa shape index (κ2) is 8.16. The van der Waals surface area contributed by atoms with Gasteiger partial charge in [-0.15, -0.1) is 0 Å². The molecule has 0 spiro atoms. The normalized spacial score (nSPS) is 17.3. The Labute approximate surface area is 141 Å². The number of esters is 1. The van der Waals surface area contributed by atoms with E-state index in [4.69, 9.17) is 9.84 Å². The molecule has 0 saturated carbocycles. The van der Waals surface area contributed by atoms with Crippen molar-refractivity contribution in [3.63, 3.8) is 0 Å². The fourth-order valence-electron chi connectivity index (χ4n) is 2.65. The zero-order valence-electron chi connectivity index (χ0n) is 13.8. The summed E-state index contributed by atoms with van der Waals surface area (Å²) in [6, 6.07) is 6.41. The lowest BCUT2D eigenvalue weighted by atomic mass is 9.90. The van der Waals surface area contributed by atoms with E-state index in [2.05, 4.69) is 11.8 Å². The van der Waals surface area contributed by atoms with E-state index in [0.717, 1.165) is 30.4 Å². The van der Waals surface area contributed by atoms with E-state index in [1.807, 2.05) is 13.0 Å². The Morgan fingerprint density at radius 2 is 2.00 bits per heavy atom. The van der Waals surface area contributed by atoms with Crippen molar-refractivity contribution in [1.29, 1.82) is 0 Å². The molecule has 1 aliphatic carbocycles. The molecular formula is C20H20O4. The number of hydrogen-bond acceptors (Lipinski definition) is 3. The quantitative estimate of drug-likeness (QED) is 0.680. The molecule has 2 rings (SSSR count). The fourth-order valence-corrected chi connectivity index (χ4v) is 2.65. The molecule has 1 aromatic rings. The van der Waals surface area contributed by atoms with Gasteiger partial charge in [-0.1, -0.05) is 17.4 Å². The summed E-state index contributed by atoms with van der Waals surface area (Å²) in [4.78, 5) is 22.0. The van der Waals surface area contributed by atoms with E-state index >= 15 is 0 Å². The predicted molar refractivity (Wildman–Crippen MR) is 91.5 cm³/mol. The van der Waals surface area contributed by atoms with Crippen LogP contribution in [0.2, 0.25) is 0 Å². The third-order valence-corrected chi connectivity index (χ3v) is 3.86. The average Bonchev–Trinajstić information content (AvgIpc) is 2.53. The first kappa shape index (κ1) is 17.6. The standard InChI is InChI=1S/C20H20O4/c1-14-6-5-9-19(24-15(2)21)18(14)8-4-3-7-16-10-12-17(13-11-16)20(22)23/h4,8,10-13,19H,5-6,9H2,1-2H3,(H,22,23). The van der Waals surface area contributed by atoms with Crippen LogP contribution >= 0.6 is 0 Å². The van der Waals surface area contributed by atoms with Crippen molar-refractivity contribution >= 4 is 11.9 Å². The van der Waals surface area contributed by atoms with Gasteiger partial charge in [0.1, 0.15) is 6.10 Å². The smallest absolute Gasteiger partial charge is 0.335 e. The molecule has 4 heteroatoms. The van der Waals surface area contributed by atoms with Crippen molar-refractivity contribution < 1.29 is 19.4 Å². The zero-order valence-corrected chi connectivity index (χ0v) is 13.8. The third-order valence-electron chi connectivity index (χ3n) is 3.86. The molecule has 124 valence electrons. The molecule has 0 heterocycles. The highest BCUT2D eigenvalue weighted by atomic mass is 16.5. The van der Waals surface area contributed by atoms with Crippen molar-refractivity contribution in [2.75, 3.05) is 0 Å². The van der Waals surface area contributed by atoms with Crippen molar-refractivity contribution in [2.45, 2.75) is 39.2 Å². The van der Waals surface area contributed by atoms with E-state index in [-0.39, 0.29) is 17.6 Å². The Kier molecular flexibility index (Phi) is 5.97. The van der Waals surface area contributed by atoms with Gasteiger partial charge in [-0.2, -0.15) is 0 Å². The van der Waals surface area contributed by atoms with Crippen LogP contribution in [-0.2, 0) is 9.53 Å². The SMILES string of the molecule is CC(=O)OC1CCCC(C)=C1C=CC#Cc1ccc(C(=O)O)cc1. The number of carboxylic acid groups (broad SMARTS) is 1. The Balaban J connectivity index is 2.09. The van der Waals surface area contributed by atoms with Crippen LogP contribution in [0.3, 0.4) is 0 Å². The molecule has 1 atom stereocenters. The van der Waals surface area contributed by atoms with Gasteiger partial charge in [0.2, 0.25) is 0 Å². The molecule has 1 aliphatic rings. The molecule has 0 amide bonds. The van der Waals surface area contributed by atoms with Gasteiger partial charge < -0.3 is 9.84 Å². The van der Waals surface area contributed by atoms with Gasteiger partial charge in [0, 0.05) is 12.5 Å². The number of carbonyl (C=O) groups is 2. The first-order valence-electron chi connectivity index (χ1n) is 7.85. The first-order chi connectivity index (χ1) is 11.5. The number of benzene rings is 1. The van der Waals surface area contributed by atoms with Crippen molar-refractivity contribution in [1.82, 2.24) is 0 Å². The van der Waals surface area contributed by atoms with Crippen LogP contribution in [0.5, 0.6) is 0 Å². The summed E-state index contributed by atoms with van der Waals surface area (Å²) in [6.07, 6.45) is 6.31. The summed E-state index contributed by atoms with van der Waals surface area (Å²) < 4.78 is 5.37. The van der Waals surface area contributed by atoms with Gasteiger partial charge in [-0.05, 0) is 68.2 Å². The minimum Gasteiger partial charge on any atom is -0.478 e. The Bertz CT molecular complexity index is 742. The number of rotatable bonds is 3. The van der Waals surface area contributed by atoms with Gasteiger partial charge in [-0.3, -0.25) is 4.79 Å². The molecule has 24 heavy (non-hydrogen) atoms. The third kappa shape index (κ3) is 4.85. The van der Waals surface area contributed by atoms with Crippen molar-refractivity contribution in [3.8, 4) is 11.8 Å². The lowest BCUT2D eigenvalue weighted by Gasteiger charge is -2.25. The van der Waals surface area contributed by atoms with E-state index < -0.39 is 5.97 Å².